The van der Waals surface area contributed by atoms with Gasteiger partial charge in [-0.1, -0.05) is 0 Å². The van der Waals surface area contributed by atoms with Crippen molar-refractivity contribution in [1.29, 1.82) is 0 Å². The molecule has 142 valence electrons. The lowest BCUT2D eigenvalue weighted by atomic mass is 10.2. The van der Waals surface area contributed by atoms with E-state index in [2.05, 4.69) is 31.3 Å². The molecule has 7 nitrogen and oxygen atoms in total. The second kappa shape index (κ2) is 7.96. The quantitative estimate of drug-likeness (QED) is 0.622. The third kappa shape index (κ3) is 3.90. The van der Waals surface area contributed by atoms with Gasteiger partial charge in [0, 0.05) is 17.0 Å². The normalized spacial score (nSPS) is 11.0. The number of hydrogen-bond donors (Lipinski definition) is 1. The Morgan fingerprint density at radius 3 is 2.74 bits per heavy atom. The molecule has 0 radical (unpaired) electrons. The fraction of sp³-hybridized carbons (Fsp3) is 0.316. The summed E-state index contributed by atoms with van der Waals surface area (Å²) in [5.74, 6) is 0.792. The third-order valence-corrected chi connectivity index (χ3v) is 4.55. The molecule has 0 saturated carbocycles. The average Bonchev–Trinajstić information content (AvgIpc) is 3.05. The highest BCUT2D eigenvalue weighted by Gasteiger charge is 2.16. The highest BCUT2D eigenvalue weighted by atomic mass is 79.9. The van der Waals surface area contributed by atoms with E-state index in [9.17, 15) is 4.79 Å². The van der Waals surface area contributed by atoms with Crippen molar-refractivity contribution in [2.75, 3.05) is 19.0 Å². The average molecular weight is 433 g/mol. The summed E-state index contributed by atoms with van der Waals surface area (Å²) < 4.78 is 13.4. The molecule has 1 N–H and O–H groups in total. The van der Waals surface area contributed by atoms with Crippen molar-refractivity contribution in [2.45, 2.75) is 26.8 Å². The molecule has 0 atom stereocenters. The predicted molar refractivity (Wildman–Crippen MR) is 108 cm³/mol. The minimum absolute atomic E-state index is 0.212. The van der Waals surface area contributed by atoms with Gasteiger partial charge in [0.2, 0.25) is 0 Å². The van der Waals surface area contributed by atoms with Crippen LogP contribution < -0.4 is 14.8 Å². The number of pyridine rings is 1. The summed E-state index contributed by atoms with van der Waals surface area (Å²) in [6.07, 6.45) is 3.37. The SMILES string of the molecule is CCOc1cc(C(=O)Nc2cnc3c(cnn3C(C)C)c2)cc(Br)c1OC. The number of methoxy groups -OCH3 is 1. The third-order valence-electron chi connectivity index (χ3n) is 3.96. The van der Waals surface area contributed by atoms with E-state index in [0.717, 1.165) is 11.0 Å². The van der Waals surface area contributed by atoms with Crippen LogP contribution in [0, 0.1) is 0 Å². The Morgan fingerprint density at radius 1 is 1.30 bits per heavy atom. The van der Waals surface area contributed by atoms with Crippen LogP contribution in [0.4, 0.5) is 5.69 Å². The number of anilines is 1. The smallest absolute Gasteiger partial charge is 0.255 e. The van der Waals surface area contributed by atoms with E-state index in [1.165, 1.54) is 0 Å². The topological polar surface area (TPSA) is 78.3 Å². The molecule has 0 bridgehead atoms. The minimum Gasteiger partial charge on any atom is -0.492 e. The second-order valence-corrected chi connectivity index (χ2v) is 7.05. The number of nitrogens with zero attached hydrogens (tertiary/aromatic N) is 3. The van der Waals surface area contributed by atoms with Gasteiger partial charge < -0.3 is 14.8 Å². The Bertz CT molecular complexity index is 984. The van der Waals surface area contributed by atoms with Crippen LogP contribution in [-0.4, -0.2) is 34.4 Å². The van der Waals surface area contributed by atoms with Gasteiger partial charge in [0.25, 0.3) is 5.91 Å². The number of halogens is 1. The maximum atomic E-state index is 12.7. The van der Waals surface area contributed by atoms with Crippen molar-refractivity contribution >= 4 is 38.6 Å². The molecule has 2 heterocycles. The van der Waals surface area contributed by atoms with Crippen LogP contribution in [0.2, 0.25) is 0 Å². The van der Waals surface area contributed by atoms with Crippen molar-refractivity contribution in [3.05, 3.63) is 40.6 Å². The lowest BCUT2D eigenvalue weighted by molar-refractivity contribution is 0.102. The van der Waals surface area contributed by atoms with Gasteiger partial charge in [-0.25, -0.2) is 9.67 Å². The van der Waals surface area contributed by atoms with E-state index in [0.29, 0.717) is 33.8 Å². The highest BCUT2D eigenvalue weighted by molar-refractivity contribution is 9.10. The summed E-state index contributed by atoms with van der Waals surface area (Å²) >= 11 is 3.42. The monoisotopic (exact) mass is 432 g/mol. The van der Waals surface area contributed by atoms with Crippen LogP contribution in [0.3, 0.4) is 0 Å². The van der Waals surface area contributed by atoms with E-state index >= 15 is 0 Å². The molecular formula is C19H21BrN4O3. The number of nitrogens with one attached hydrogen (secondary N) is 1. The van der Waals surface area contributed by atoms with Crippen molar-refractivity contribution in [3.63, 3.8) is 0 Å². The van der Waals surface area contributed by atoms with Gasteiger partial charge in [-0.2, -0.15) is 5.10 Å². The number of ether oxygens (including phenoxy) is 2. The highest BCUT2D eigenvalue weighted by Crippen LogP contribution is 2.36. The van der Waals surface area contributed by atoms with Crippen molar-refractivity contribution < 1.29 is 14.3 Å². The van der Waals surface area contributed by atoms with Crippen molar-refractivity contribution in [2.24, 2.45) is 0 Å². The van der Waals surface area contributed by atoms with Crippen molar-refractivity contribution in [1.82, 2.24) is 14.8 Å². The Labute approximate surface area is 165 Å². The number of fused-ring (bicyclic) bond motifs is 1. The first-order valence-corrected chi connectivity index (χ1v) is 9.38. The van der Waals surface area contributed by atoms with Gasteiger partial charge >= 0.3 is 0 Å². The van der Waals surface area contributed by atoms with Crippen LogP contribution in [0.25, 0.3) is 11.0 Å². The first-order chi connectivity index (χ1) is 12.9. The van der Waals surface area contributed by atoms with E-state index < -0.39 is 0 Å². The molecule has 0 saturated heterocycles. The predicted octanol–water partition coefficient (Wildman–Crippen LogP) is 4.43. The summed E-state index contributed by atoms with van der Waals surface area (Å²) in [7, 11) is 1.56. The zero-order valence-electron chi connectivity index (χ0n) is 15.6. The number of benzene rings is 1. The van der Waals surface area contributed by atoms with Crippen LogP contribution in [0.1, 0.15) is 37.2 Å². The Balaban J connectivity index is 1.88. The van der Waals surface area contributed by atoms with Crippen LogP contribution in [0.15, 0.2) is 35.1 Å². The Hall–Kier alpha value is -2.61. The zero-order chi connectivity index (χ0) is 19.6. The lowest BCUT2D eigenvalue weighted by Crippen LogP contribution is -2.13. The number of carbonyl (C=O) groups excluding carboxylic acids is 1. The van der Waals surface area contributed by atoms with Gasteiger partial charge in [0.05, 0.1) is 36.3 Å². The maximum absolute atomic E-state index is 12.7. The summed E-state index contributed by atoms with van der Waals surface area (Å²) in [4.78, 5) is 17.1. The number of amides is 1. The molecule has 0 fully saturated rings. The molecule has 0 aliphatic heterocycles. The second-order valence-electron chi connectivity index (χ2n) is 6.20. The number of rotatable bonds is 6. The van der Waals surface area contributed by atoms with Crippen LogP contribution in [-0.2, 0) is 0 Å². The van der Waals surface area contributed by atoms with Gasteiger partial charge in [0.1, 0.15) is 0 Å². The first-order valence-electron chi connectivity index (χ1n) is 8.59. The van der Waals surface area contributed by atoms with Crippen LogP contribution in [0.5, 0.6) is 11.5 Å². The molecule has 0 aliphatic rings. The molecule has 0 unspecified atom stereocenters. The van der Waals surface area contributed by atoms with Crippen LogP contribution >= 0.6 is 15.9 Å². The Kier molecular flexibility index (Phi) is 5.65. The van der Waals surface area contributed by atoms with Gasteiger partial charge in [-0.3, -0.25) is 4.79 Å². The molecule has 2 aromatic heterocycles. The molecule has 8 heteroatoms. The molecule has 0 spiro atoms. The van der Waals surface area contributed by atoms with E-state index in [1.54, 1.807) is 31.6 Å². The minimum atomic E-state index is -0.267. The summed E-state index contributed by atoms with van der Waals surface area (Å²) in [6.45, 7) is 6.43. The molecule has 0 aliphatic carbocycles. The molecule has 1 aromatic carbocycles. The maximum Gasteiger partial charge on any atom is 0.255 e. The lowest BCUT2D eigenvalue weighted by Gasteiger charge is -2.13. The molecule has 3 rings (SSSR count). The van der Waals surface area contributed by atoms with Gasteiger partial charge in [-0.15, -0.1) is 0 Å². The molecule has 27 heavy (non-hydrogen) atoms. The van der Waals surface area contributed by atoms with E-state index in [1.807, 2.05) is 31.5 Å². The number of aromatic nitrogens is 3. The molecule has 3 aromatic rings. The largest absolute Gasteiger partial charge is 0.492 e. The van der Waals surface area contributed by atoms with Gasteiger partial charge in [-0.05, 0) is 54.9 Å². The summed E-state index contributed by atoms with van der Waals surface area (Å²) in [5, 5.41) is 8.08. The zero-order valence-corrected chi connectivity index (χ0v) is 17.2. The Morgan fingerprint density at radius 2 is 2.07 bits per heavy atom. The standard InChI is InChI=1S/C19H21BrN4O3/c1-5-27-16-8-12(7-15(20)17(16)26-4)19(25)23-14-6-13-9-22-24(11(2)3)18(13)21-10-14/h6-11H,5H2,1-4H3,(H,23,25). The number of hydrogen-bond acceptors (Lipinski definition) is 5. The fourth-order valence-corrected chi connectivity index (χ4v) is 3.35. The first kappa shape index (κ1) is 19.2. The molecular weight excluding hydrogens is 412 g/mol. The van der Waals surface area contributed by atoms with E-state index in [4.69, 9.17) is 9.47 Å². The molecule has 1 amide bonds. The van der Waals surface area contributed by atoms with Crippen molar-refractivity contribution in [3.8, 4) is 11.5 Å². The van der Waals surface area contributed by atoms with E-state index in [-0.39, 0.29) is 11.9 Å². The number of carbonyl (C=O) groups is 1. The fourth-order valence-electron chi connectivity index (χ4n) is 2.75. The van der Waals surface area contributed by atoms with Gasteiger partial charge in [0.15, 0.2) is 17.1 Å². The summed E-state index contributed by atoms with van der Waals surface area (Å²) in [5.41, 5.74) is 1.83. The summed E-state index contributed by atoms with van der Waals surface area (Å²) in [6, 6.07) is 5.42.